The third-order valence-electron chi connectivity index (χ3n) is 3.01. The van der Waals surface area contributed by atoms with Crippen LogP contribution in [0.25, 0.3) is 0 Å². The molecule has 5 nitrogen and oxygen atoms in total. The quantitative estimate of drug-likeness (QED) is 0.794. The molecule has 0 N–H and O–H groups in total. The molecule has 20 heavy (non-hydrogen) atoms. The maximum Gasteiger partial charge on any atom is 0.232 e. The SMILES string of the molecule is N#Cc1cc(F)ccc1N1CC(CS(=O)(=O)Cl)CC1=O. The van der Waals surface area contributed by atoms with Gasteiger partial charge in [-0.2, -0.15) is 5.26 Å². The lowest BCUT2D eigenvalue weighted by Gasteiger charge is -2.17. The first-order valence-corrected chi connectivity index (χ1v) is 8.20. The third kappa shape index (κ3) is 3.26. The molecule has 106 valence electrons. The van der Waals surface area contributed by atoms with Crippen molar-refractivity contribution in [2.45, 2.75) is 6.42 Å². The number of carbonyl (C=O) groups excluding carboxylic acids is 1. The van der Waals surface area contributed by atoms with E-state index in [2.05, 4.69) is 0 Å². The largest absolute Gasteiger partial charge is 0.311 e. The van der Waals surface area contributed by atoms with E-state index in [-0.39, 0.29) is 35.9 Å². The monoisotopic (exact) mass is 316 g/mol. The standard InChI is InChI=1S/C12H10ClFN2O3S/c13-20(18,19)7-8-3-12(17)16(6-8)11-2-1-10(14)4-9(11)5-15/h1-2,4,8H,3,6-7H2. The van der Waals surface area contributed by atoms with Crippen molar-refractivity contribution in [3.8, 4) is 6.07 Å². The molecule has 0 aliphatic carbocycles. The smallest absolute Gasteiger partial charge is 0.232 e. The van der Waals surface area contributed by atoms with E-state index >= 15 is 0 Å². The molecule has 1 aromatic carbocycles. The summed E-state index contributed by atoms with van der Waals surface area (Å²) in [7, 11) is 1.48. The average Bonchev–Trinajstić information content (AvgIpc) is 2.67. The maximum absolute atomic E-state index is 13.1. The molecule has 1 heterocycles. The summed E-state index contributed by atoms with van der Waals surface area (Å²) < 4.78 is 35.1. The highest BCUT2D eigenvalue weighted by atomic mass is 35.7. The first-order chi connectivity index (χ1) is 9.30. The fraction of sp³-hybridized carbons (Fsp3) is 0.333. The summed E-state index contributed by atoms with van der Waals surface area (Å²) in [5, 5.41) is 8.97. The van der Waals surface area contributed by atoms with Gasteiger partial charge in [-0.25, -0.2) is 12.8 Å². The molecule has 1 unspecified atom stereocenters. The Morgan fingerprint density at radius 2 is 2.20 bits per heavy atom. The van der Waals surface area contributed by atoms with Gasteiger partial charge in [-0.05, 0) is 18.2 Å². The van der Waals surface area contributed by atoms with Gasteiger partial charge in [-0.3, -0.25) is 4.79 Å². The molecule has 0 bridgehead atoms. The zero-order chi connectivity index (χ0) is 14.9. The lowest BCUT2D eigenvalue weighted by atomic mass is 10.1. The van der Waals surface area contributed by atoms with Gasteiger partial charge in [0.1, 0.15) is 11.9 Å². The number of hydrogen-bond acceptors (Lipinski definition) is 4. The third-order valence-corrected chi connectivity index (χ3v) is 4.26. The second-order valence-electron chi connectivity index (χ2n) is 4.55. The summed E-state index contributed by atoms with van der Waals surface area (Å²) in [6.07, 6.45) is 0.0359. The number of anilines is 1. The number of amides is 1. The van der Waals surface area contributed by atoms with Crippen molar-refractivity contribution in [2.24, 2.45) is 5.92 Å². The van der Waals surface area contributed by atoms with Crippen molar-refractivity contribution in [1.29, 1.82) is 5.26 Å². The highest BCUT2D eigenvalue weighted by Gasteiger charge is 2.34. The molecular formula is C12H10ClFN2O3S. The van der Waals surface area contributed by atoms with E-state index in [0.717, 1.165) is 12.1 Å². The van der Waals surface area contributed by atoms with Gasteiger partial charge in [0.15, 0.2) is 0 Å². The Kier molecular flexibility index (Phi) is 3.97. The lowest BCUT2D eigenvalue weighted by molar-refractivity contribution is -0.117. The van der Waals surface area contributed by atoms with Crippen LogP contribution < -0.4 is 4.90 Å². The highest BCUT2D eigenvalue weighted by Crippen LogP contribution is 2.29. The lowest BCUT2D eigenvalue weighted by Crippen LogP contribution is -2.26. The number of benzene rings is 1. The molecule has 0 aromatic heterocycles. The summed E-state index contributed by atoms with van der Waals surface area (Å²) in [4.78, 5) is 13.2. The topological polar surface area (TPSA) is 78.2 Å². The summed E-state index contributed by atoms with van der Waals surface area (Å²) in [6, 6.07) is 5.34. The van der Waals surface area contributed by atoms with Crippen molar-refractivity contribution in [1.82, 2.24) is 0 Å². The van der Waals surface area contributed by atoms with Crippen LogP contribution in [-0.4, -0.2) is 26.6 Å². The van der Waals surface area contributed by atoms with E-state index in [1.807, 2.05) is 6.07 Å². The van der Waals surface area contributed by atoms with Gasteiger partial charge in [-0.15, -0.1) is 0 Å². The Balaban J connectivity index is 2.27. The van der Waals surface area contributed by atoms with Gasteiger partial charge in [0.25, 0.3) is 0 Å². The van der Waals surface area contributed by atoms with E-state index in [9.17, 15) is 17.6 Å². The Hall–Kier alpha value is -1.65. The van der Waals surface area contributed by atoms with Crippen LogP contribution in [0.1, 0.15) is 12.0 Å². The first kappa shape index (κ1) is 14.8. The molecule has 1 atom stereocenters. The highest BCUT2D eigenvalue weighted by molar-refractivity contribution is 8.13. The van der Waals surface area contributed by atoms with E-state index in [4.69, 9.17) is 15.9 Å². The van der Waals surface area contributed by atoms with Gasteiger partial charge in [-0.1, -0.05) is 0 Å². The van der Waals surface area contributed by atoms with Crippen molar-refractivity contribution in [3.05, 3.63) is 29.6 Å². The molecule has 1 amide bonds. The van der Waals surface area contributed by atoms with Gasteiger partial charge in [0.05, 0.1) is 17.0 Å². The predicted octanol–water partition coefficient (Wildman–Crippen LogP) is 1.62. The summed E-state index contributed by atoms with van der Waals surface area (Å²) >= 11 is 0. The van der Waals surface area contributed by atoms with Gasteiger partial charge >= 0.3 is 0 Å². The molecule has 1 fully saturated rings. The molecule has 1 aromatic rings. The zero-order valence-electron chi connectivity index (χ0n) is 10.2. The van der Waals surface area contributed by atoms with E-state index in [1.54, 1.807) is 0 Å². The summed E-state index contributed by atoms with van der Waals surface area (Å²) in [6.45, 7) is 0.144. The van der Waals surface area contributed by atoms with E-state index in [0.29, 0.717) is 0 Å². The minimum absolute atomic E-state index is 0.0349. The van der Waals surface area contributed by atoms with Crippen molar-refractivity contribution in [2.75, 3.05) is 17.2 Å². The fourth-order valence-corrected chi connectivity index (χ4v) is 3.56. The Labute approximate surface area is 120 Å². The molecule has 2 rings (SSSR count). The molecule has 1 saturated heterocycles. The number of nitrogens with zero attached hydrogens (tertiary/aromatic N) is 2. The molecule has 0 saturated carbocycles. The fourth-order valence-electron chi connectivity index (χ4n) is 2.24. The van der Waals surface area contributed by atoms with Crippen LogP contribution in [0.2, 0.25) is 0 Å². The Bertz CT molecular complexity index is 699. The number of hydrogen-bond donors (Lipinski definition) is 0. The molecule has 0 spiro atoms. The number of nitriles is 1. The van der Waals surface area contributed by atoms with Gasteiger partial charge in [0, 0.05) is 29.6 Å². The number of carbonyl (C=O) groups is 1. The van der Waals surface area contributed by atoms with Crippen LogP contribution in [0.15, 0.2) is 18.2 Å². The van der Waals surface area contributed by atoms with Crippen LogP contribution >= 0.6 is 10.7 Å². The van der Waals surface area contributed by atoms with Crippen molar-refractivity contribution < 1.29 is 17.6 Å². The summed E-state index contributed by atoms with van der Waals surface area (Å²) in [5.74, 6) is -1.61. The molecule has 0 radical (unpaired) electrons. The van der Waals surface area contributed by atoms with Crippen LogP contribution in [0.5, 0.6) is 0 Å². The second kappa shape index (κ2) is 5.38. The predicted molar refractivity (Wildman–Crippen MR) is 71.2 cm³/mol. The minimum atomic E-state index is -3.69. The Morgan fingerprint density at radius 3 is 2.80 bits per heavy atom. The molecular weight excluding hydrogens is 307 g/mol. The number of halogens is 2. The van der Waals surface area contributed by atoms with Gasteiger partial charge in [0.2, 0.25) is 15.0 Å². The maximum atomic E-state index is 13.1. The minimum Gasteiger partial charge on any atom is -0.311 e. The Morgan fingerprint density at radius 1 is 1.50 bits per heavy atom. The van der Waals surface area contributed by atoms with E-state index < -0.39 is 20.8 Å². The van der Waals surface area contributed by atoms with Crippen LogP contribution in [-0.2, 0) is 13.8 Å². The zero-order valence-corrected chi connectivity index (χ0v) is 11.8. The average molecular weight is 317 g/mol. The molecule has 8 heteroatoms. The van der Waals surface area contributed by atoms with Crippen LogP contribution in [0.3, 0.4) is 0 Å². The van der Waals surface area contributed by atoms with Crippen molar-refractivity contribution >= 4 is 31.3 Å². The van der Waals surface area contributed by atoms with E-state index in [1.165, 1.54) is 11.0 Å². The first-order valence-electron chi connectivity index (χ1n) is 5.72. The second-order valence-corrected chi connectivity index (χ2v) is 7.37. The van der Waals surface area contributed by atoms with Crippen LogP contribution in [0, 0.1) is 23.1 Å². The summed E-state index contributed by atoms with van der Waals surface area (Å²) in [5.41, 5.74) is 0.320. The van der Waals surface area contributed by atoms with Crippen LogP contribution in [0.4, 0.5) is 10.1 Å². The van der Waals surface area contributed by atoms with Crippen molar-refractivity contribution in [3.63, 3.8) is 0 Å². The number of rotatable bonds is 3. The molecule has 1 aliphatic heterocycles. The normalized spacial score (nSPS) is 19.1. The molecule has 1 aliphatic rings. The van der Waals surface area contributed by atoms with Gasteiger partial charge < -0.3 is 4.90 Å².